The Morgan fingerprint density at radius 3 is 2.46 bits per heavy atom. The molecule has 154 valence electrons. The number of hydrogen-bond acceptors (Lipinski definition) is 3. The summed E-state index contributed by atoms with van der Waals surface area (Å²) in [5.41, 5.74) is 5.31. The number of aromatic hydroxyl groups is 1. The molecular formula is C24H35NO3. The number of allylic oxidation sites excluding steroid dienone is 3. The first-order valence-electron chi connectivity index (χ1n) is 10.1. The van der Waals surface area contributed by atoms with Crippen LogP contribution < -0.4 is 10.1 Å². The molecule has 0 saturated heterocycles. The predicted molar refractivity (Wildman–Crippen MR) is 115 cm³/mol. The molecule has 1 unspecified atom stereocenters. The average molecular weight is 386 g/mol. The Bertz CT molecular complexity index is 816. The maximum Gasteiger partial charge on any atom is 0.264 e. The summed E-state index contributed by atoms with van der Waals surface area (Å²) in [5, 5.41) is 13.3. The van der Waals surface area contributed by atoms with Crippen molar-refractivity contribution in [1.82, 2.24) is 5.32 Å². The van der Waals surface area contributed by atoms with E-state index < -0.39 is 5.60 Å². The van der Waals surface area contributed by atoms with Crippen LogP contribution in [-0.4, -0.2) is 23.2 Å². The number of nitrogens with one attached hydrogen (secondary N) is 1. The number of phenols is 1. The third-order valence-corrected chi connectivity index (χ3v) is 5.80. The number of amides is 1. The summed E-state index contributed by atoms with van der Waals surface area (Å²) in [5.74, 6) is 1.00. The van der Waals surface area contributed by atoms with Crippen LogP contribution in [0.25, 0.3) is 0 Å². The highest BCUT2D eigenvalue weighted by Crippen LogP contribution is 2.43. The molecule has 0 saturated carbocycles. The highest BCUT2D eigenvalue weighted by molar-refractivity contribution is 5.86. The van der Waals surface area contributed by atoms with Crippen LogP contribution in [0.4, 0.5) is 0 Å². The van der Waals surface area contributed by atoms with Crippen molar-refractivity contribution in [2.75, 3.05) is 6.54 Å². The zero-order chi connectivity index (χ0) is 21.1. The molecule has 1 aliphatic heterocycles. The van der Waals surface area contributed by atoms with Crippen molar-refractivity contribution in [2.45, 2.75) is 79.8 Å². The van der Waals surface area contributed by atoms with E-state index in [0.29, 0.717) is 18.7 Å². The maximum atomic E-state index is 12.8. The van der Waals surface area contributed by atoms with Crippen molar-refractivity contribution in [3.05, 3.63) is 45.6 Å². The minimum Gasteiger partial charge on any atom is -0.507 e. The molecule has 0 aromatic heterocycles. The lowest BCUT2D eigenvalue weighted by Gasteiger charge is -2.36. The van der Waals surface area contributed by atoms with Gasteiger partial charge in [0.05, 0.1) is 0 Å². The first-order valence-corrected chi connectivity index (χ1v) is 10.1. The molecule has 1 amide bonds. The number of hydrogen-bond donors (Lipinski definition) is 2. The quantitative estimate of drug-likeness (QED) is 0.661. The molecule has 0 fully saturated rings. The van der Waals surface area contributed by atoms with E-state index in [1.165, 1.54) is 11.1 Å². The lowest BCUT2D eigenvalue weighted by atomic mass is 9.86. The second kappa shape index (κ2) is 8.85. The van der Waals surface area contributed by atoms with Crippen LogP contribution in [0, 0.1) is 20.8 Å². The first kappa shape index (κ1) is 22.1. The second-order valence-corrected chi connectivity index (χ2v) is 8.44. The summed E-state index contributed by atoms with van der Waals surface area (Å²) in [4.78, 5) is 12.8. The molecule has 1 heterocycles. The molecule has 2 rings (SSSR count). The van der Waals surface area contributed by atoms with Gasteiger partial charge in [0.1, 0.15) is 11.5 Å². The van der Waals surface area contributed by atoms with Crippen molar-refractivity contribution in [3.8, 4) is 11.5 Å². The Balaban J connectivity index is 2.05. The molecule has 0 aliphatic carbocycles. The molecule has 0 spiro atoms. The van der Waals surface area contributed by atoms with Gasteiger partial charge < -0.3 is 15.2 Å². The SMILES string of the molecule is CC(C)=CCC/C(C)=C/CNC(=O)C1(C)CCc2c(C)c(O)c(C)c(C)c2O1. The van der Waals surface area contributed by atoms with Gasteiger partial charge in [-0.15, -0.1) is 0 Å². The molecule has 1 atom stereocenters. The van der Waals surface area contributed by atoms with Crippen LogP contribution in [0.3, 0.4) is 0 Å². The minimum absolute atomic E-state index is 0.0886. The summed E-state index contributed by atoms with van der Waals surface area (Å²) in [6.07, 6.45) is 7.66. The molecule has 1 aliphatic rings. The maximum absolute atomic E-state index is 12.8. The largest absolute Gasteiger partial charge is 0.507 e. The fourth-order valence-corrected chi connectivity index (χ4v) is 3.60. The van der Waals surface area contributed by atoms with Crippen molar-refractivity contribution in [1.29, 1.82) is 0 Å². The fraction of sp³-hybridized carbons (Fsp3) is 0.542. The number of fused-ring (bicyclic) bond motifs is 1. The van der Waals surface area contributed by atoms with Gasteiger partial charge in [-0.25, -0.2) is 0 Å². The van der Waals surface area contributed by atoms with Crippen LogP contribution in [0.2, 0.25) is 0 Å². The zero-order valence-corrected chi connectivity index (χ0v) is 18.5. The predicted octanol–water partition coefficient (Wildman–Crippen LogP) is 5.21. The van der Waals surface area contributed by atoms with Gasteiger partial charge in [0, 0.05) is 18.5 Å². The second-order valence-electron chi connectivity index (χ2n) is 8.44. The van der Waals surface area contributed by atoms with E-state index in [0.717, 1.165) is 47.3 Å². The van der Waals surface area contributed by atoms with E-state index in [9.17, 15) is 9.90 Å². The van der Waals surface area contributed by atoms with Crippen LogP contribution in [0.15, 0.2) is 23.3 Å². The van der Waals surface area contributed by atoms with Crippen molar-refractivity contribution < 1.29 is 14.6 Å². The Labute approximate surface area is 169 Å². The highest BCUT2D eigenvalue weighted by Gasteiger charge is 2.40. The summed E-state index contributed by atoms with van der Waals surface area (Å²) in [7, 11) is 0. The number of phenolic OH excluding ortho intramolecular Hbond substituents is 1. The lowest BCUT2D eigenvalue weighted by Crippen LogP contribution is -2.51. The van der Waals surface area contributed by atoms with E-state index in [1.54, 1.807) is 0 Å². The van der Waals surface area contributed by atoms with Gasteiger partial charge in [0.2, 0.25) is 0 Å². The summed E-state index contributed by atoms with van der Waals surface area (Å²) in [6.45, 7) is 14.4. The summed E-state index contributed by atoms with van der Waals surface area (Å²) in [6, 6.07) is 0. The monoisotopic (exact) mass is 385 g/mol. The van der Waals surface area contributed by atoms with Crippen molar-refractivity contribution in [2.24, 2.45) is 0 Å². The number of ether oxygens (including phenoxy) is 1. The molecule has 2 N–H and O–H groups in total. The van der Waals surface area contributed by atoms with Gasteiger partial charge in [0.15, 0.2) is 5.60 Å². The topological polar surface area (TPSA) is 58.6 Å². The molecule has 1 aromatic rings. The van der Waals surface area contributed by atoms with Gasteiger partial charge in [-0.05, 0) is 84.4 Å². The Morgan fingerprint density at radius 2 is 1.82 bits per heavy atom. The van der Waals surface area contributed by atoms with Crippen LogP contribution in [0.5, 0.6) is 11.5 Å². The molecule has 4 nitrogen and oxygen atoms in total. The number of carbonyl (C=O) groups is 1. The van der Waals surface area contributed by atoms with Crippen molar-refractivity contribution >= 4 is 5.91 Å². The smallest absolute Gasteiger partial charge is 0.264 e. The molecule has 0 radical (unpaired) electrons. The van der Waals surface area contributed by atoms with E-state index >= 15 is 0 Å². The third kappa shape index (κ3) is 4.78. The van der Waals surface area contributed by atoms with E-state index in [-0.39, 0.29) is 5.91 Å². The molecule has 4 heteroatoms. The normalized spacial score (nSPS) is 18.9. The average Bonchev–Trinajstić information content (AvgIpc) is 2.64. The molecular weight excluding hydrogens is 350 g/mol. The Kier molecular flexibility index (Phi) is 6.97. The van der Waals surface area contributed by atoms with Gasteiger partial charge in [-0.1, -0.05) is 23.3 Å². The number of rotatable bonds is 6. The fourth-order valence-electron chi connectivity index (χ4n) is 3.60. The minimum atomic E-state index is -0.891. The van der Waals surface area contributed by atoms with Gasteiger partial charge in [0.25, 0.3) is 5.91 Å². The first-order chi connectivity index (χ1) is 13.1. The van der Waals surface area contributed by atoms with E-state index in [2.05, 4.69) is 38.2 Å². The standard InChI is InChI=1S/C24H35NO3/c1-15(2)9-8-10-16(3)12-14-25-23(27)24(7)13-11-20-19(6)21(26)17(4)18(5)22(20)28-24/h9,12,26H,8,10-11,13-14H2,1-7H3,(H,25,27)/b16-12+. The lowest BCUT2D eigenvalue weighted by molar-refractivity contribution is -0.136. The molecule has 28 heavy (non-hydrogen) atoms. The Morgan fingerprint density at radius 1 is 1.14 bits per heavy atom. The van der Waals surface area contributed by atoms with Crippen LogP contribution >= 0.6 is 0 Å². The third-order valence-electron chi connectivity index (χ3n) is 5.80. The summed E-state index contributed by atoms with van der Waals surface area (Å²) >= 11 is 0. The van der Waals surface area contributed by atoms with Crippen molar-refractivity contribution in [3.63, 3.8) is 0 Å². The summed E-state index contributed by atoms with van der Waals surface area (Å²) < 4.78 is 6.23. The van der Waals surface area contributed by atoms with Gasteiger partial charge >= 0.3 is 0 Å². The van der Waals surface area contributed by atoms with Crippen LogP contribution in [-0.2, 0) is 11.2 Å². The molecule has 0 bridgehead atoms. The van der Waals surface area contributed by atoms with E-state index in [4.69, 9.17) is 4.74 Å². The number of benzene rings is 1. The molecule has 1 aromatic carbocycles. The number of carbonyl (C=O) groups excluding carboxylic acids is 1. The Hall–Kier alpha value is -2.23. The van der Waals surface area contributed by atoms with E-state index in [1.807, 2.05) is 27.7 Å². The van der Waals surface area contributed by atoms with Crippen LogP contribution in [0.1, 0.15) is 69.2 Å². The van der Waals surface area contributed by atoms with Gasteiger partial charge in [-0.3, -0.25) is 4.79 Å². The zero-order valence-electron chi connectivity index (χ0n) is 18.5. The highest BCUT2D eigenvalue weighted by atomic mass is 16.5. The van der Waals surface area contributed by atoms with Gasteiger partial charge in [-0.2, -0.15) is 0 Å².